The minimum atomic E-state index is -0.135. The van der Waals surface area contributed by atoms with Gasteiger partial charge in [-0.3, -0.25) is 4.79 Å². The summed E-state index contributed by atoms with van der Waals surface area (Å²) in [7, 11) is 6.18. The van der Waals surface area contributed by atoms with Gasteiger partial charge in [-0.25, -0.2) is 4.98 Å². The van der Waals surface area contributed by atoms with E-state index in [9.17, 15) is 4.79 Å². The van der Waals surface area contributed by atoms with Gasteiger partial charge in [0.2, 0.25) is 0 Å². The van der Waals surface area contributed by atoms with E-state index in [0.29, 0.717) is 5.56 Å². The zero-order valence-corrected chi connectivity index (χ0v) is 19.7. The standard InChI is InChI=1S/C26H28N4OS/c1-18-8-5-6-9-21(18)19-12-14-20(15-13-19)25(31)27-22-10-7-11-23-24(22)28-26(32-23)30(4)17-16-29(2)3/h5-15H,16-17H2,1-4H3,(H,27,31). The molecular formula is C26H28N4OS. The van der Waals surface area contributed by atoms with Crippen LogP contribution in [0.1, 0.15) is 15.9 Å². The number of hydrogen-bond acceptors (Lipinski definition) is 5. The maximum atomic E-state index is 12.9. The first kappa shape index (κ1) is 22.0. The average molecular weight is 445 g/mol. The number of hydrogen-bond donors (Lipinski definition) is 1. The van der Waals surface area contributed by atoms with E-state index in [4.69, 9.17) is 4.98 Å². The van der Waals surface area contributed by atoms with E-state index in [-0.39, 0.29) is 5.91 Å². The summed E-state index contributed by atoms with van der Waals surface area (Å²) in [5.41, 5.74) is 5.68. The zero-order chi connectivity index (χ0) is 22.7. The normalized spacial score (nSPS) is 11.2. The molecule has 0 unspecified atom stereocenters. The minimum Gasteiger partial charge on any atom is -0.350 e. The lowest BCUT2D eigenvalue weighted by molar-refractivity contribution is 0.102. The molecule has 0 aliphatic carbocycles. The van der Waals surface area contributed by atoms with Gasteiger partial charge in [-0.05, 0) is 62.0 Å². The predicted molar refractivity (Wildman–Crippen MR) is 136 cm³/mol. The highest BCUT2D eigenvalue weighted by Crippen LogP contribution is 2.33. The van der Waals surface area contributed by atoms with E-state index in [2.05, 4.69) is 55.3 Å². The Kier molecular flexibility index (Phi) is 6.53. The summed E-state index contributed by atoms with van der Waals surface area (Å²) in [5, 5.41) is 4.00. The molecule has 0 saturated heterocycles. The van der Waals surface area contributed by atoms with Gasteiger partial charge >= 0.3 is 0 Å². The van der Waals surface area contributed by atoms with Crippen molar-refractivity contribution >= 4 is 38.3 Å². The van der Waals surface area contributed by atoms with Gasteiger partial charge in [0.15, 0.2) is 5.13 Å². The molecule has 0 aliphatic heterocycles. The van der Waals surface area contributed by atoms with E-state index in [1.807, 2.05) is 54.6 Å². The Morgan fingerprint density at radius 1 is 0.938 bits per heavy atom. The molecule has 6 heteroatoms. The van der Waals surface area contributed by atoms with Crippen molar-refractivity contribution in [1.29, 1.82) is 0 Å². The number of benzene rings is 3. The van der Waals surface area contributed by atoms with Gasteiger partial charge in [-0.15, -0.1) is 0 Å². The molecule has 0 spiro atoms. The number of carbonyl (C=O) groups excluding carboxylic acids is 1. The first-order valence-electron chi connectivity index (χ1n) is 10.7. The topological polar surface area (TPSA) is 48.5 Å². The van der Waals surface area contributed by atoms with E-state index < -0.39 is 0 Å². The molecule has 0 radical (unpaired) electrons. The van der Waals surface area contributed by atoms with E-state index >= 15 is 0 Å². The van der Waals surface area contributed by atoms with Crippen molar-refractivity contribution in [3.8, 4) is 11.1 Å². The zero-order valence-electron chi connectivity index (χ0n) is 18.9. The van der Waals surface area contributed by atoms with Crippen LogP contribution in [0.3, 0.4) is 0 Å². The second-order valence-electron chi connectivity index (χ2n) is 8.22. The van der Waals surface area contributed by atoms with Gasteiger partial charge in [-0.1, -0.05) is 53.8 Å². The van der Waals surface area contributed by atoms with Crippen LogP contribution in [0.25, 0.3) is 21.3 Å². The molecule has 1 amide bonds. The Hall–Kier alpha value is -3.22. The number of carbonyl (C=O) groups is 1. The Morgan fingerprint density at radius 2 is 1.69 bits per heavy atom. The van der Waals surface area contributed by atoms with Crippen molar-refractivity contribution in [2.75, 3.05) is 44.4 Å². The summed E-state index contributed by atoms with van der Waals surface area (Å²) in [6.45, 7) is 3.94. The number of aromatic nitrogens is 1. The van der Waals surface area contributed by atoms with Crippen molar-refractivity contribution in [2.45, 2.75) is 6.92 Å². The Bertz CT molecular complexity index is 1230. The summed E-state index contributed by atoms with van der Waals surface area (Å²) >= 11 is 1.64. The van der Waals surface area contributed by atoms with Crippen LogP contribution in [0.15, 0.2) is 66.7 Å². The highest BCUT2D eigenvalue weighted by Gasteiger charge is 2.14. The molecule has 0 aliphatic rings. The number of rotatable bonds is 7. The summed E-state index contributed by atoms with van der Waals surface area (Å²) in [4.78, 5) is 22.1. The summed E-state index contributed by atoms with van der Waals surface area (Å²) < 4.78 is 1.06. The maximum Gasteiger partial charge on any atom is 0.255 e. The van der Waals surface area contributed by atoms with E-state index in [1.165, 1.54) is 11.1 Å². The molecule has 32 heavy (non-hydrogen) atoms. The Labute approximate surface area is 193 Å². The van der Waals surface area contributed by atoms with Crippen LogP contribution in [0.5, 0.6) is 0 Å². The molecule has 3 aromatic carbocycles. The van der Waals surface area contributed by atoms with Crippen LogP contribution in [0.4, 0.5) is 10.8 Å². The van der Waals surface area contributed by atoms with Gasteiger partial charge in [-0.2, -0.15) is 0 Å². The van der Waals surface area contributed by atoms with Gasteiger partial charge in [0.25, 0.3) is 5.91 Å². The largest absolute Gasteiger partial charge is 0.350 e. The number of nitrogens with zero attached hydrogens (tertiary/aromatic N) is 3. The molecule has 0 fully saturated rings. The first-order chi connectivity index (χ1) is 15.4. The Morgan fingerprint density at radius 3 is 2.41 bits per heavy atom. The molecule has 0 saturated carbocycles. The van der Waals surface area contributed by atoms with Crippen LogP contribution in [0, 0.1) is 6.92 Å². The highest BCUT2D eigenvalue weighted by atomic mass is 32.1. The predicted octanol–water partition coefficient (Wildman–Crippen LogP) is 5.52. The lowest BCUT2D eigenvalue weighted by atomic mass is 9.99. The number of fused-ring (bicyclic) bond motifs is 1. The summed E-state index contributed by atoms with van der Waals surface area (Å²) in [6.07, 6.45) is 0. The summed E-state index contributed by atoms with van der Waals surface area (Å²) in [6, 6.07) is 21.9. The monoisotopic (exact) mass is 444 g/mol. The quantitative estimate of drug-likeness (QED) is 0.408. The number of nitrogens with one attached hydrogen (secondary N) is 1. The summed E-state index contributed by atoms with van der Waals surface area (Å²) in [5.74, 6) is -0.135. The second-order valence-corrected chi connectivity index (χ2v) is 9.23. The van der Waals surface area contributed by atoms with E-state index in [0.717, 1.165) is 39.7 Å². The minimum absolute atomic E-state index is 0.135. The van der Waals surface area contributed by atoms with Gasteiger partial charge in [0.05, 0.1) is 10.4 Å². The number of thiazole rings is 1. The van der Waals surface area contributed by atoms with Crippen LogP contribution < -0.4 is 10.2 Å². The lowest BCUT2D eigenvalue weighted by Crippen LogP contribution is -2.28. The first-order valence-corrected chi connectivity index (χ1v) is 11.5. The third kappa shape index (κ3) is 4.82. The van der Waals surface area contributed by atoms with Gasteiger partial charge in [0.1, 0.15) is 5.52 Å². The molecule has 164 valence electrons. The molecule has 4 aromatic rings. The van der Waals surface area contributed by atoms with Crippen LogP contribution in [0.2, 0.25) is 0 Å². The fourth-order valence-corrected chi connectivity index (χ4v) is 4.52. The fourth-order valence-electron chi connectivity index (χ4n) is 3.54. The highest BCUT2D eigenvalue weighted by molar-refractivity contribution is 7.22. The average Bonchev–Trinajstić information content (AvgIpc) is 3.23. The number of amides is 1. The van der Waals surface area contributed by atoms with Gasteiger partial charge < -0.3 is 15.1 Å². The van der Waals surface area contributed by atoms with Crippen molar-refractivity contribution in [2.24, 2.45) is 0 Å². The Balaban J connectivity index is 1.53. The molecular weight excluding hydrogens is 416 g/mol. The van der Waals surface area contributed by atoms with E-state index in [1.54, 1.807) is 11.3 Å². The maximum absolute atomic E-state index is 12.9. The van der Waals surface area contributed by atoms with Crippen LogP contribution >= 0.6 is 11.3 Å². The molecule has 1 N–H and O–H groups in total. The third-order valence-corrected chi connectivity index (χ3v) is 6.60. The van der Waals surface area contributed by atoms with Crippen molar-refractivity contribution in [1.82, 2.24) is 9.88 Å². The number of aryl methyl sites for hydroxylation is 1. The van der Waals surface area contributed by atoms with Crippen LogP contribution in [-0.4, -0.2) is 50.0 Å². The van der Waals surface area contributed by atoms with Gasteiger partial charge in [0, 0.05) is 25.7 Å². The second kappa shape index (κ2) is 9.51. The van der Waals surface area contributed by atoms with Crippen molar-refractivity contribution in [3.63, 3.8) is 0 Å². The van der Waals surface area contributed by atoms with Crippen molar-refractivity contribution < 1.29 is 4.79 Å². The molecule has 5 nitrogen and oxygen atoms in total. The fraction of sp³-hybridized carbons (Fsp3) is 0.231. The number of likely N-dealkylation sites (N-methyl/N-ethyl adjacent to an activating group) is 2. The number of para-hydroxylation sites is 1. The lowest BCUT2D eigenvalue weighted by Gasteiger charge is -2.18. The molecule has 0 bridgehead atoms. The third-order valence-electron chi connectivity index (χ3n) is 5.47. The SMILES string of the molecule is Cc1ccccc1-c1ccc(C(=O)Nc2cccc3sc(N(C)CCN(C)C)nc23)cc1. The smallest absolute Gasteiger partial charge is 0.255 e. The molecule has 1 heterocycles. The van der Waals surface area contributed by atoms with Crippen molar-refractivity contribution in [3.05, 3.63) is 77.9 Å². The molecule has 0 atom stereocenters. The molecule has 1 aromatic heterocycles. The molecule has 4 rings (SSSR count). The number of anilines is 2. The van der Waals surface area contributed by atoms with Crippen LogP contribution in [-0.2, 0) is 0 Å².